The van der Waals surface area contributed by atoms with Gasteiger partial charge < -0.3 is 5.32 Å². The van der Waals surface area contributed by atoms with Gasteiger partial charge in [-0.05, 0) is 23.8 Å². The van der Waals surface area contributed by atoms with Gasteiger partial charge in [0.05, 0.1) is 11.4 Å². The molecule has 2 aromatic carbocycles. The molecule has 0 radical (unpaired) electrons. The number of anilines is 1. The number of rotatable bonds is 6. The molecule has 3 aromatic rings. The van der Waals surface area contributed by atoms with E-state index in [1.165, 1.54) is 5.56 Å². The number of H-pyrrole nitrogens is 1. The molecule has 1 aromatic heterocycles. The number of nitrogens with one attached hydrogen (secondary N) is 2. The van der Waals surface area contributed by atoms with Crippen molar-refractivity contribution in [1.82, 2.24) is 10.2 Å². The van der Waals surface area contributed by atoms with Gasteiger partial charge in [0.25, 0.3) is 0 Å². The number of hydrogen-bond acceptors (Lipinski definition) is 3. The van der Waals surface area contributed by atoms with Crippen LogP contribution in [0.25, 0.3) is 11.3 Å². The van der Waals surface area contributed by atoms with Gasteiger partial charge in [0, 0.05) is 23.2 Å². The molecular formula is C18H17N3OS. The normalized spacial score (nSPS) is 10.4. The Balaban J connectivity index is 1.53. The molecule has 3 rings (SSSR count). The number of hydrogen-bond donors (Lipinski definition) is 2. The molecule has 0 aliphatic rings. The smallest absolute Gasteiger partial charge is 0.234 e. The Morgan fingerprint density at radius 1 is 1.09 bits per heavy atom. The molecule has 0 fully saturated rings. The number of nitrogens with zero attached hydrogens (tertiary/aromatic N) is 1. The lowest BCUT2D eigenvalue weighted by Gasteiger charge is -2.07. The van der Waals surface area contributed by atoms with E-state index < -0.39 is 0 Å². The van der Waals surface area contributed by atoms with Crippen LogP contribution in [0.3, 0.4) is 0 Å². The zero-order valence-corrected chi connectivity index (χ0v) is 13.3. The van der Waals surface area contributed by atoms with Gasteiger partial charge in [0.2, 0.25) is 5.91 Å². The number of amides is 1. The van der Waals surface area contributed by atoms with Crippen LogP contribution in [0, 0.1) is 0 Å². The molecule has 1 heterocycles. The van der Waals surface area contributed by atoms with E-state index in [9.17, 15) is 4.79 Å². The van der Waals surface area contributed by atoms with Crippen molar-refractivity contribution >= 4 is 23.4 Å². The van der Waals surface area contributed by atoms with E-state index in [0.29, 0.717) is 5.75 Å². The fourth-order valence-electron chi connectivity index (χ4n) is 2.21. The monoisotopic (exact) mass is 323 g/mol. The highest BCUT2D eigenvalue weighted by atomic mass is 32.2. The van der Waals surface area contributed by atoms with Crippen molar-refractivity contribution in [2.75, 3.05) is 11.1 Å². The van der Waals surface area contributed by atoms with E-state index in [2.05, 4.69) is 27.6 Å². The Labute approximate surface area is 139 Å². The first-order chi connectivity index (χ1) is 11.3. The van der Waals surface area contributed by atoms with Gasteiger partial charge in [0.1, 0.15) is 0 Å². The maximum Gasteiger partial charge on any atom is 0.234 e. The quantitative estimate of drug-likeness (QED) is 0.722. The Kier molecular flexibility index (Phi) is 5.11. The molecule has 0 bridgehead atoms. The van der Waals surface area contributed by atoms with Crippen molar-refractivity contribution in [2.24, 2.45) is 0 Å². The predicted molar refractivity (Wildman–Crippen MR) is 95.3 cm³/mol. The number of aromatic nitrogens is 2. The summed E-state index contributed by atoms with van der Waals surface area (Å²) in [6.45, 7) is 0. The second-order valence-electron chi connectivity index (χ2n) is 5.08. The van der Waals surface area contributed by atoms with Crippen molar-refractivity contribution in [3.8, 4) is 11.3 Å². The minimum Gasteiger partial charge on any atom is -0.325 e. The van der Waals surface area contributed by atoms with Crippen molar-refractivity contribution in [3.63, 3.8) is 0 Å². The number of benzene rings is 2. The molecule has 2 N–H and O–H groups in total. The van der Waals surface area contributed by atoms with Crippen LogP contribution >= 0.6 is 11.8 Å². The Hall–Kier alpha value is -2.53. The number of aromatic amines is 1. The van der Waals surface area contributed by atoms with E-state index in [-0.39, 0.29) is 5.91 Å². The minimum absolute atomic E-state index is 0.00712. The van der Waals surface area contributed by atoms with Gasteiger partial charge in [-0.1, -0.05) is 42.5 Å². The third-order valence-electron chi connectivity index (χ3n) is 3.30. The van der Waals surface area contributed by atoms with E-state index in [1.807, 2.05) is 48.5 Å². The van der Waals surface area contributed by atoms with E-state index in [0.717, 1.165) is 22.7 Å². The number of thioether (sulfide) groups is 1. The average molecular weight is 323 g/mol. The summed E-state index contributed by atoms with van der Waals surface area (Å²) in [4.78, 5) is 12.0. The first kappa shape index (κ1) is 15.4. The molecule has 0 unspecified atom stereocenters. The van der Waals surface area contributed by atoms with Crippen LogP contribution in [-0.2, 0) is 10.5 Å². The second-order valence-corrected chi connectivity index (χ2v) is 6.06. The topological polar surface area (TPSA) is 57.8 Å². The van der Waals surface area contributed by atoms with E-state index in [1.54, 1.807) is 18.0 Å². The first-order valence-corrected chi connectivity index (χ1v) is 8.48. The molecule has 116 valence electrons. The van der Waals surface area contributed by atoms with Gasteiger partial charge in [-0.3, -0.25) is 9.89 Å². The molecule has 0 aliphatic carbocycles. The fraction of sp³-hybridized carbons (Fsp3) is 0.111. The van der Waals surface area contributed by atoms with Crippen LogP contribution in [0.1, 0.15) is 5.56 Å². The van der Waals surface area contributed by atoms with Crippen molar-refractivity contribution in [2.45, 2.75) is 5.75 Å². The summed E-state index contributed by atoms with van der Waals surface area (Å²) in [6, 6.07) is 19.8. The predicted octanol–water partition coefficient (Wildman–Crippen LogP) is 3.95. The third-order valence-corrected chi connectivity index (χ3v) is 4.31. The molecule has 5 heteroatoms. The average Bonchev–Trinajstić information content (AvgIpc) is 3.11. The standard InChI is InChI=1S/C18H17N3OS/c22-18(13-23-12-14-5-2-1-3-6-14)20-16-8-4-7-15(11-16)17-9-10-19-21-17/h1-11H,12-13H2,(H,19,21)(H,20,22). The maximum absolute atomic E-state index is 12.0. The maximum atomic E-state index is 12.0. The van der Waals surface area contributed by atoms with Crippen molar-refractivity contribution in [1.29, 1.82) is 0 Å². The van der Waals surface area contributed by atoms with Crippen LogP contribution in [0.2, 0.25) is 0 Å². The first-order valence-electron chi connectivity index (χ1n) is 7.32. The third kappa shape index (κ3) is 4.47. The molecule has 0 saturated heterocycles. The van der Waals surface area contributed by atoms with Gasteiger partial charge in [-0.25, -0.2) is 0 Å². The Morgan fingerprint density at radius 3 is 2.74 bits per heavy atom. The fourth-order valence-corrected chi connectivity index (χ4v) is 3.00. The van der Waals surface area contributed by atoms with Gasteiger partial charge in [0.15, 0.2) is 0 Å². The minimum atomic E-state index is 0.00712. The highest BCUT2D eigenvalue weighted by Gasteiger charge is 2.05. The summed E-state index contributed by atoms with van der Waals surface area (Å²) >= 11 is 1.61. The molecule has 4 nitrogen and oxygen atoms in total. The summed E-state index contributed by atoms with van der Waals surface area (Å²) in [5.41, 5.74) is 3.95. The molecule has 0 aliphatic heterocycles. The Morgan fingerprint density at radius 2 is 1.96 bits per heavy atom. The second kappa shape index (κ2) is 7.65. The summed E-state index contributed by atoms with van der Waals surface area (Å²) < 4.78 is 0. The summed E-state index contributed by atoms with van der Waals surface area (Å²) in [5.74, 6) is 1.28. The number of carbonyl (C=O) groups is 1. The Bertz CT molecular complexity index is 757. The highest BCUT2D eigenvalue weighted by molar-refractivity contribution is 7.99. The van der Waals surface area contributed by atoms with Gasteiger partial charge in [-0.2, -0.15) is 5.10 Å². The molecule has 0 spiro atoms. The molecule has 0 atom stereocenters. The number of carbonyl (C=O) groups excluding carboxylic acids is 1. The lowest BCUT2D eigenvalue weighted by Crippen LogP contribution is -2.14. The van der Waals surface area contributed by atoms with Crippen LogP contribution < -0.4 is 5.32 Å². The van der Waals surface area contributed by atoms with Crippen LogP contribution in [0.4, 0.5) is 5.69 Å². The largest absolute Gasteiger partial charge is 0.325 e. The summed E-state index contributed by atoms with van der Waals surface area (Å²) in [5, 5.41) is 9.80. The van der Waals surface area contributed by atoms with E-state index >= 15 is 0 Å². The van der Waals surface area contributed by atoms with Crippen LogP contribution in [0.5, 0.6) is 0 Å². The molecular weight excluding hydrogens is 306 g/mol. The lowest BCUT2D eigenvalue weighted by molar-refractivity contribution is -0.113. The van der Waals surface area contributed by atoms with Gasteiger partial charge >= 0.3 is 0 Å². The highest BCUT2D eigenvalue weighted by Crippen LogP contribution is 2.20. The van der Waals surface area contributed by atoms with Gasteiger partial charge in [-0.15, -0.1) is 11.8 Å². The summed E-state index contributed by atoms with van der Waals surface area (Å²) in [7, 11) is 0. The van der Waals surface area contributed by atoms with Crippen molar-refractivity contribution < 1.29 is 4.79 Å². The van der Waals surface area contributed by atoms with E-state index in [4.69, 9.17) is 0 Å². The van der Waals surface area contributed by atoms with Crippen LogP contribution in [-0.4, -0.2) is 21.9 Å². The lowest BCUT2D eigenvalue weighted by atomic mass is 10.1. The summed E-state index contributed by atoms with van der Waals surface area (Å²) in [6.07, 6.45) is 1.71. The SMILES string of the molecule is O=C(CSCc1ccccc1)Nc1cccc(-c2ccn[nH]2)c1. The molecule has 0 saturated carbocycles. The molecule has 23 heavy (non-hydrogen) atoms. The van der Waals surface area contributed by atoms with Crippen molar-refractivity contribution in [3.05, 3.63) is 72.4 Å². The zero-order chi connectivity index (χ0) is 15.9. The molecule has 1 amide bonds. The zero-order valence-electron chi connectivity index (χ0n) is 12.5. The van der Waals surface area contributed by atoms with Crippen LogP contribution in [0.15, 0.2) is 66.9 Å².